The Hall–Kier alpha value is -1.00. The van der Waals surface area contributed by atoms with Crippen molar-refractivity contribution in [1.29, 1.82) is 0 Å². The van der Waals surface area contributed by atoms with Crippen LogP contribution in [0, 0.1) is 5.82 Å². The normalized spacial score (nSPS) is 10.4. The smallest absolute Gasteiger partial charge is 0.124 e. The summed E-state index contributed by atoms with van der Waals surface area (Å²) < 4.78 is 14.0. The van der Waals surface area contributed by atoms with Gasteiger partial charge in [-0.15, -0.1) is 11.3 Å². The van der Waals surface area contributed by atoms with Crippen LogP contribution in [0.5, 0.6) is 0 Å². The zero-order valence-corrected chi connectivity index (χ0v) is 8.87. The second kappa shape index (κ2) is 4.02. The Bertz CT molecular complexity index is 426. The highest BCUT2D eigenvalue weighted by atomic mass is 32.2. The fourth-order valence-corrected chi connectivity index (χ4v) is 2.82. The second-order valence-electron chi connectivity index (χ2n) is 2.72. The van der Waals surface area contributed by atoms with Gasteiger partial charge in [-0.1, -0.05) is 17.8 Å². The molecule has 1 aromatic heterocycles. The van der Waals surface area contributed by atoms with Crippen molar-refractivity contribution in [3.8, 4) is 0 Å². The van der Waals surface area contributed by atoms with Crippen LogP contribution in [0.3, 0.4) is 0 Å². The van der Waals surface area contributed by atoms with Crippen LogP contribution in [-0.2, 0) is 0 Å². The number of benzene rings is 1. The number of halogens is 1. The lowest BCUT2D eigenvalue weighted by molar-refractivity contribution is 0.624. The summed E-state index contributed by atoms with van der Waals surface area (Å²) in [5, 5.41) is 1.98. The fraction of sp³-hybridized carbons (Fsp3) is 0. The van der Waals surface area contributed by atoms with Gasteiger partial charge < -0.3 is 5.73 Å². The van der Waals surface area contributed by atoms with E-state index in [9.17, 15) is 4.39 Å². The quantitative estimate of drug-likeness (QED) is 0.790. The molecule has 0 radical (unpaired) electrons. The van der Waals surface area contributed by atoms with Crippen LogP contribution in [0.4, 0.5) is 10.1 Å². The number of rotatable bonds is 2. The number of anilines is 1. The molecule has 0 saturated carbocycles. The van der Waals surface area contributed by atoms with Crippen molar-refractivity contribution in [2.24, 2.45) is 0 Å². The zero-order valence-electron chi connectivity index (χ0n) is 7.24. The summed E-state index contributed by atoms with van der Waals surface area (Å²) in [6.07, 6.45) is 0. The van der Waals surface area contributed by atoms with Gasteiger partial charge in [0.25, 0.3) is 0 Å². The highest BCUT2D eigenvalue weighted by Gasteiger charge is 2.03. The van der Waals surface area contributed by atoms with E-state index in [4.69, 9.17) is 5.73 Å². The van der Waals surface area contributed by atoms with Gasteiger partial charge in [0.2, 0.25) is 0 Å². The Labute approximate surface area is 89.8 Å². The number of thiophene rings is 1. The number of nitrogens with two attached hydrogens (primary N) is 1. The van der Waals surface area contributed by atoms with Gasteiger partial charge in [0, 0.05) is 10.6 Å². The van der Waals surface area contributed by atoms with Crippen LogP contribution in [-0.4, -0.2) is 0 Å². The lowest BCUT2D eigenvalue weighted by atomic mass is 10.3. The Morgan fingerprint density at radius 1 is 1.29 bits per heavy atom. The highest BCUT2D eigenvalue weighted by molar-refractivity contribution is 8.01. The van der Waals surface area contributed by atoms with E-state index >= 15 is 0 Å². The van der Waals surface area contributed by atoms with Crippen molar-refractivity contribution >= 4 is 28.8 Å². The maximum atomic E-state index is 12.9. The fourth-order valence-electron chi connectivity index (χ4n) is 1.03. The van der Waals surface area contributed by atoms with E-state index in [1.807, 2.05) is 17.5 Å². The Morgan fingerprint density at radius 2 is 2.14 bits per heavy atom. The molecule has 0 fully saturated rings. The molecule has 1 nitrogen and oxygen atoms in total. The molecule has 0 amide bonds. The molecular weight excluding hydrogens is 217 g/mol. The van der Waals surface area contributed by atoms with Gasteiger partial charge in [0.05, 0.1) is 4.21 Å². The number of hydrogen-bond acceptors (Lipinski definition) is 3. The summed E-state index contributed by atoms with van der Waals surface area (Å²) in [6.45, 7) is 0. The third-order valence-corrected chi connectivity index (χ3v) is 3.79. The summed E-state index contributed by atoms with van der Waals surface area (Å²) in [4.78, 5) is 0.771. The lowest BCUT2D eigenvalue weighted by Gasteiger charge is -2.02. The van der Waals surface area contributed by atoms with Gasteiger partial charge in [-0.3, -0.25) is 0 Å². The summed E-state index contributed by atoms with van der Waals surface area (Å²) in [5.41, 5.74) is 6.34. The molecule has 2 aromatic rings. The maximum Gasteiger partial charge on any atom is 0.124 e. The average Bonchev–Trinajstić information content (AvgIpc) is 2.64. The van der Waals surface area contributed by atoms with E-state index in [-0.39, 0.29) is 5.82 Å². The van der Waals surface area contributed by atoms with E-state index in [2.05, 4.69) is 0 Å². The molecule has 0 aliphatic carbocycles. The van der Waals surface area contributed by atoms with Gasteiger partial charge in [-0.2, -0.15) is 0 Å². The summed E-state index contributed by atoms with van der Waals surface area (Å²) >= 11 is 3.11. The van der Waals surface area contributed by atoms with Crippen LogP contribution in [0.2, 0.25) is 0 Å². The molecule has 0 aliphatic heterocycles. The van der Waals surface area contributed by atoms with E-state index in [1.165, 1.54) is 23.9 Å². The lowest BCUT2D eigenvalue weighted by Crippen LogP contribution is -1.88. The molecule has 1 heterocycles. The Kier molecular flexibility index (Phi) is 2.74. The van der Waals surface area contributed by atoms with Crippen LogP contribution >= 0.6 is 23.1 Å². The van der Waals surface area contributed by atoms with Crippen LogP contribution < -0.4 is 5.73 Å². The molecule has 0 aliphatic rings. The minimum atomic E-state index is -0.252. The molecule has 1 aromatic carbocycles. The van der Waals surface area contributed by atoms with E-state index in [0.29, 0.717) is 5.69 Å². The van der Waals surface area contributed by atoms with Gasteiger partial charge in [-0.05, 0) is 29.6 Å². The molecular formula is C10H8FNS2. The van der Waals surface area contributed by atoms with E-state index in [0.717, 1.165) is 9.10 Å². The van der Waals surface area contributed by atoms with Crippen LogP contribution in [0.1, 0.15) is 0 Å². The summed E-state index contributed by atoms with van der Waals surface area (Å²) in [5.74, 6) is -0.252. The highest BCUT2D eigenvalue weighted by Crippen LogP contribution is 2.34. The molecule has 0 atom stereocenters. The predicted molar refractivity (Wildman–Crippen MR) is 59.3 cm³/mol. The molecule has 0 bridgehead atoms. The molecule has 0 saturated heterocycles. The van der Waals surface area contributed by atoms with Gasteiger partial charge in [-0.25, -0.2) is 4.39 Å². The average molecular weight is 225 g/mol. The minimum absolute atomic E-state index is 0.252. The van der Waals surface area contributed by atoms with Gasteiger partial charge in [0.1, 0.15) is 5.82 Å². The zero-order chi connectivity index (χ0) is 9.97. The predicted octanol–water partition coefficient (Wildman–Crippen LogP) is 3.62. The first-order valence-electron chi connectivity index (χ1n) is 4.02. The number of nitrogen functional groups attached to an aromatic ring is 1. The SMILES string of the molecule is Nc1ccc(F)cc1Sc1cccs1. The van der Waals surface area contributed by atoms with E-state index < -0.39 is 0 Å². The molecule has 2 rings (SSSR count). The first-order chi connectivity index (χ1) is 6.75. The van der Waals surface area contributed by atoms with Gasteiger partial charge in [0.15, 0.2) is 0 Å². The third kappa shape index (κ3) is 2.08. The first-order valence-corrected chi connectivity index (χ1v) is 5.72. The van der Waals surface area contributed by atoms with Crippen molar-refractivity contribution in [3.63, 3.8) is 0 Å². The Balaban J connectivity index is 2.28. The standard InChI is InChI=1S/C10H8FNS2/c11-7-3-4-8(12)9(6-7)14-10-2-1-5-13-10/h1-6H,12H2. The van der Waals surface area contributed by atoms with Crippen LogP contribution in [0.25, 0.3) is 0 Å². The van der Waals surface area contributed by atoms with Crippen molar-refractivity contribution in [2.45, 2.75) is 9.10 Å². The summed E-state index contributed by atoms with van der Waals surface area (Å²) in [7, 11) is 0. The van der Waals surface area contributed by atoms with Crippen LogP contribution in [0.15, 0.2) is 44.8 Å². The molecule has 4 heteroatoms. The maximum absolute atomic E-state index is 12.9. The monoisotopic (exact) mass is 225 g/mol. The largest absolute Gasteiger partial charge is 0.398 e. The molecule has 72 valence electrons. The topological polar surface area (TPSA) is 26.0 Å². The molecule has 0 unspecified atom stereocenters. The summed E-state index contributed by atoms with van der Waals surface area (Å²) in [6, 6.07) is 8.36. The second-order valence-corrected chi connectivity index (χ2v) is 5.01. The van der Waals surface area contributed by atoms with E-state index in [1.54, 1.807) is 17.4 Å². The molecule has 14 heavy (non-hydrogen) atoms. The van der Waals surface area contributed by atoms with Crippen molar-refractivity contribution < 1.29 is 4.39 Å². The first kappa shape index (κ1) is 9.55. The third-order valence-electron chi connectivity index (χ3n) is 1.68. The minimum Gasteiger partial charge on any atom is -0.398 e. The van der Waals surface area contributed by atoms with Crippen molar-refractivity contribution in [1.82, 2.24) is 0 Å². The Morgan fingerprint density at radius 3 is 2.86 bits per heavy atom. The number of hydrogen-bond donors (Lipinski definition) is 1. The molecule has 0 spiro atoms. The molecule has 2 N–H and O–H groups in total. The van der Waals surface area contributed by atoms with Crippen molar-refractivity contribution in [2.75, 3.05) is 5.73 Å². The van der Waals surface area contributed by atoms with Crippen molar-refractivity contribution in [3.05, 3.63) is 41.5 Å². The van der Waals surface area contributed by atoms with Gasteiger partial charge >= 0.3 is 0 Å².